The summed E-state index contributed by atoms with van der Waals surface area (Å²) in [6.07, 6.45) is 3.00. The molecule has 0 amide bonds. The van der Waals surface area contributed by atoms with Crippen LogP contribution in [0.2, 0.25) is 0 Å². The summed E-state index contributed by atoms with van der Waals surface area (Å²) >= 11 is 0. The molecule has 1 fully saturated rings. The highest BCUT2D eigenvalue weighted by atomic mass is 32.2. The second kappa shape index (κ2) is 8.27. The number of hydrogen-bond acceptors (Lipinski definition) is 6. The highest BCUT2D eigenvalue weighted by Gasteiger charge is 2.31. The zero-order valence-corrected chi connectivity index (χ0v) is 19.0. The van der Waals surface area contributed by atoms with Crippen LogP contribution in [0.5, 0.6) is 11.5 Å². The summed E-state index contributed by atoms with van der Waals surface area (Å²) in [4.78, 5) is 17.1. The lowest BCUT2D eigenvalue weighted by Crippen LogP contribution is -2.40. The van der Waals surface area contributed by atoms with Gasteiger partial charge in [-0.25, -0.2) is 13.4 Å². The van der Waals surface area contributed by atoms with E-state index in [0.29, 0.717) is 57.2 Å². The van der Waals surface area contributed by atoms with Crippen molar-refractivity contribution in [3.8, 4) is 11.5 Å². The quantitative estimate of drug-likeness (QED) is 0.715. The molecule has 1 aromatic carbocycles. The fraction of sp³-hybridized carbons (Fsp3) is 0.545. The number of ether oxygens (including phenoxy) is 2. The van der Waals surface area contributed by atoms with Crippen molar-refractivity contribution in [2.75, 3.05) is 26.3 Å². The molecular formula is C22H29N3O5S. The van der Waals surface area contributed by atoms with Crippen molar-refractivity contribution < 1.29 is 17.9 Å². The normalized spacial score (nSPS) is 18.2. The van der Waals surface area contributed by atoms with E-state index in [0.717, 1.165) is 5.69 Å². The Morgan fingerprint density at radius 1 is 1.06 bits per heavy atom. The molecule has 8 nitrogen and oxygen atoms in total. The molecule has 2 aliphatic heterocycles. The van der Waals surface area contributed by atoms with Gasteiger partial charge in [0, 0.05) is 37.2 Å². The highest BCUT2D eigenvalue weighted by Crippen LogP contribution is 2.34. The van der Waals surface area contributed by atoms with Gasteiger partial charge in [0.05, 0.1) is 16.9 Å². The molecule has 31 heavy (non-hydrogen) atoms. The van der Waals surface area contributed by atoms with Crippen LogP contribution in [0.4, 0.5) is 0 Å². The molecule has 0 radical (unpaired) electrons. The van der Waals surface area contributed by atoms with E-state index < -0.39 is 10.0 Å². The molecule has 0 saturated carbocycles. The number of aromatic nitrogens is 2. The van der Waals surface area contributed by atoms with Crippen molar-refractivity contribution in [3.63, 3.8) is 0 Å². The molecule has 0 bridgehead atoms. The van der Waals surface area contributed by atoms with Gasteiger partial charge in [0.1, 0.15) is 13.2 Å². The molecular weight excluding hydrogens is 418 g/mol. The van der Waals surface area contributed by atoms with Gasteiger partial charge in [0.2, 0.25) is 10.0 Å². The molecule has 1 aromatic heterocycles. The van der Waals surface area contributed by atoms with Crippen LogP contribution >= 0.6 is 0 Å². The maximum absolute atomic E-state index is 13.1. The third-order valence-electron chi connectivity index (χ3n) is 5.83. The van der Waals surface area contributed by atoms with Crippen LogP contribution in [0.25, 0.3) is 0 Å². The molecule has 2 aromatic rings. The smallest absolute Gasteiger partial charge is 0.253 e. The van der Waals surface area contributed by atoms with E-state index >= 15 is 0 Å². The lowest BCUT2D eigenvalue weighted by molar-refractivity contribution is 0.171. The average Bonchev–Trinajstić information content (AvgIpc) is 2.74. The van der Waals surface area contributed by atoms with Crippen molar-refractivity contribution in [1.82, 2.24) is 13.9 Å². The second-order valence-corrected chi connectivity index (χ2v) is 11.1. The van der Waals surface area contributed by atoms with Crippen LogP contribution in [0.15, 0.2) is 40.3 Å². The molecule has 3 heterocycles. The molecule has 2 aliphatic rings. The van der Waals surface area contributed by atoms with Gasteiger partial charge in [0.25, 0.3) is 5.56 Å². The molecule has 0 atom stereocenters. The lowest BCUT2D eigenvalue weighted by Gasteiger charge is -2.31. The van der Waals surface area contributed by atoms with Gasteiger partial charge in [0.15, 0.2) is 11.5 Å². The predicted octanol–water partition coefficient (Wildman–Crippen LogP) is 2.41. The van der Waals surface area contributed by atoms with E-state index in [1.165, 1.54) is 10.4 Å². The first kappa shape index (κ1) is 21.8. The fourth-order valence-electron chi connectivity index (χ4n) is 3.92. The fourth-order valence-corrected chi connectivity index (χ4v) is 5.40. The largest absolute Gasteiger partial charge is 0.486 e. The Bertz CT molecular complexity index is 1110. The minimum absolute atomic E-state index is 0.0637. The summed E-state index contributed by atoms with van der Waals surface area (Å²) in [5.41, 5.74) is 0.534. The third kappa shape index (κ3) is 4.62. The Hall–Kier alpha value is -2.39. The van der Waals surface area contributed by atoms with Crippen LogP contribution in [-0.4, -0.2) is 48.6 Å². The molecule has 0 spiro atoms. The zero-order chi connectivity index (χ0) is 22.2. The average molecular weight is 448 g/mol. The van der Waals surface area contributed by atoms with Crippen molar-refractivity contribution in [3.05, 3.63) is 46.6 Å². The summed E-state index contributed by atoms with van der Waals surface area (Å²) in [5.74, 6) is 1.26. The number of nitrogens with zero attached hydrogens (tertiary/aromatic N) is 3. The van der Waals surface area contributed by atoms with E-state index in [1.807, 2.05) is 20.8 Å². The molecule has 0 unspecified atom stereocenters. The summed E-state index contributed by atoms with van der Waals surface area (Å²) < 4.78 is 40.3. The van der Waals surface area contributed by atoms with Gasteiger partial charge in [-0.1, -0.05) is 20.8 Å². The first-order valence-corrected chi connectivity index (χ1v) is 12.1. The molecule has 1 saturated heterocycles. The van der Waals surface area contributed by atoms with Gasteiger partial charge in [-0.3, -0.25) is 9.36 Å². The Morgan fingerprint density at radius 3 is 2.39 bits per heavy atom. The van der Waals surface area contributed by atoms with Gasteiger partial charge in [-0.2, -0.15) is 4.31 Å². The number of sulfonamides is 1. The monoisotopic (exact) mass is 447 g/mol. The van der Waals surface area contributed by atoms with Crippen LogP contribution in [0, 0.1) is 5.92 Å². The lowest BCUT2D eigenvalue weighted by atomic mass is 9.92. The van der Waals surface area contributed by atoms with Crippen molar-refractivity contribution >= 4 is 10.0 Å². The van der Waals surface area contributed by atoms with Gasteiger partial charge in [-0.15, -0.1) is 0 Å². The standard InChI is InChI=1S/C22H29N3O5S/c1-22(2,3)20-13-21(26)24(15-23-20)14-16-6-8-25(9-7-16)31(27,28)17-4-5-18-19(12-17)30-11-10-29-18/h4-5,12-13,15-16H,6-11,14H2,1-3H3. The first-order valence-electron chi connectivity index (χ1n) is 10.6. The van der Waals surface area contributed by atoms with E-state index in [-0.39, 0.29) is 21.8 Å². The van der Waals surface area contributed by atoms with E-state index in [4.69, 9.17) is 9.47 Å². The Morgan fingerprint density at radius 2 is 1.74 bits per heavy atom. The number of rotatable bonds is 4. The van der Waals surface area contributed by atoms with E-state index in [9.17, 15) is 13.2 Å². The Balaban J connectivity index is 1.41. The van der Waals surface area contributed by atoms with Crippen LogP contribution < -0.4 is 15.0 Å². The van der Waals surface area contributed by atoms with Gasteiger partial charge >= 0.3 is 0 Å². The molecule has 9 heteroatoms. The molecule has 168 valence electrons. The summed E-state index contributed by atoms with van der Waals surface area (Å²) in [6, 6.07) is 6.35. The number of fused-ring (bicyclic) bond motifs is 1. The van der Waals surface area contributed by atoms with Gasteiger partial charge < -0.3 is 9.47 Å². The summed E-state index contributed by atoms with van der Waals surface area (Å²) in [7, 11) is -3.61. The third-order valence-corrected chi connectivity index (χ3v) is 7.72. The maximum atomic E-state index is 13.1. The van der Waals surface area contributed by atoms with Crippen LogP contribution in [0.1, 0.15) is 39.3 Å². The SMILES string of the molecule is CC(C)(C)c1cc(=O)n(CC2CCN(S(=O)(=O)c3ccc4c(c3)OCCO4)CC2)cn1. The minimum Gasteiger partial charge on any atom is -0.486 e. The van der Waals surface area contributed by atoms with E-state index in [2.05, 4.69) is 4.98 Å². The van der Waals surface area contributed by atoms with Crippen LogP contribution in [0.3, 0.4) is 0 Å². The highest BCUT2D eigenvalue weighted by molar-refractivity contribution is 7.89. The van der Waals surface area contributed by atoms with Crippen molar-refractivity contribution in [2.45, 2.75) is 50.5 Å². The van der Waals surface area contributed by atoms with E-state index in [1.54, 1.807) is 29.1 Å². The van der Waals surface area contributed by atoms with Crippen LogP contribution in [-0.2, 0) is 22.0 Å². The Labute approximate surface area is 182 Å². The molecule has 0 aliphatic carbocycles. The minimum atomic E-state index is -3.61. The maximum Gasteiger partial charge on any atom is 0.253 e. The molecule has 0 N–H and O–H groups in total. The van der Waals surface area contributed by atoms with Crippen molar-refractivity contribution in [1.29, 1.82) is 0 Å². The number of benzene rings is 1. The number of piperidine rings is 1. The second-order valence-electron chi connectivity index (χ2n) is 9.17. The predicted molar refractivity (Wildman–Crippen MR) is 116 cm³/mol. The van der Waals surface area contributed by atoms with Gasteiger partial charge in [-0.05, 0) is 30.9 Å². The summed E-state index contributed by atoms with van der Waals surface area (Å²) in [5, 5.41) is 0. The first-order chi connectivity index (χ1) is 14.6. The number of hydrogen-bond donors (Lipinski definition) is 0. The molecule has 4 rings (SSSR count). The summed E-state index contributed by atoms with van der Waals surface area (Å²) in [6.45, 7) is 8.34. The van der Waals surface area contributed by atoms with Crippen molar-refractivity contribution in [2.24, 2.45) is 5.92 Å². The Kier molecular flexibility index (Phi) is 5.83. The zero-order valence-electron chi connectivity index (χ0n) is 18.2. The topological polar surface area (TPSA) is 90.7 Å².